The summed E-state index contributed by atoms with van der Waals surface area (Å²) in [7, 11) is 1.87. The molecule has 0 spiro atoms. The quantitative estimate of drug-likeness (QED) is 0.548. The molecule has 7 heteroatoms. The molecule has 0 saturated carbocycles. The summed E-state index contributed by atoms with van der Waals surface area (Å²) in [6.45, 7) is 0.366. The number of nitrogens with one attached hydrogen (secondary N) is 1. The Kier molecular flexibility index (Phi) is 5.29. The van der Waals surface area contributed by atoms with Gasteiger partial charge in [0.2, 0.25) is 5.88 Å². The van der Waals surface area contributed by atoms with Gasteiger partial charge in [0.1, 0.15) is 5.75 Å². The maximum Gasteiger partial charge on any atom is 0.251 e. The van der Waals surface area contributed by atoms with Crippen LogP contribution in [0, 0.1) is 0 Å². The van der Waals surface area contributed by atoms with E-state index in [1.165, 1.54) is 0 Å². The molecule has 0 atom stereocenters. The smallest absolute Gasteiger partial charge is 0.251 e. The molecule has 0 radical (unpaired) electrons. The molecule has 0 unspecified atom stereocenters. The number of pyridine rings is 2. The summed E-state index contributed by atoms with van der Waals surface area (Å²) in [6, 6.07) is 14.4. The molecule has 7 nitrogen and oxygen atoms in total. The molecule has 3 aromatic heterocycles. The maximum atomic E-state index is 12.6. The molecule has 0 bridgehead atoms. The molecule has 1 N–H and O–H groups in total. The zero-order chi connectivity index (χ0) is 20.1. The minimum absolute atomic E-state index is 0.191. The first-order chi connectivity index (χ1) is 14.2. The lowest BCUT2D eigenvalue weighted by Gasteiger charge is -2.08. The fraction of sp³-hybridized carbons (Fsp3) is 0.0909. The van der Waals surface area contributed by atoms with Gasteiger partial charge >= 0.3 is 0 Å². The van der Waals surface area contributed by atoms with Crippen LogP contribution in [0.1, 0.15) is 15.9 Å². The lowest BCUT2D eigenvalue weighted by Crippen LogP contribution is -2.22. The highest BCUT2D eigenvalue weighted by molar-refractivity contribution is 5.94. The minimum atomic E-state index is -0.191. The van der Waals surface area contributed by atoms with Crippen LogP contribution in [0.3, 0.4) is 0 Å². The van der Waals surface area contributed by atoms with E-state index in [9.17, 15) is 4.79 Å². The Hall–Kier alpha value is -4.00. The van der Waals surface area contributed by atoms with Crippen LogP contribution in [-0.2, 0) is 13.6 Å². The first kappa shape index (κ1) is 18.4. The minimum Gasteiger partial charge on any atom is -0.439 e. The van der Waals surface area contributed by atoms with Crippen molar-refractivity contribution in [2.75, 3.05) is 0 Å². The van der Waals surface area contributed by atoms with E-state index in [-0.39, 0.29) is 5.91 Å². The van der Waals surface area contributed by atoms with Crippen LogP contribution >= 0.6 is 0 Å². The van der Waals surface area contributed by atoms with Gasteiger partial charge in [-0.1, -0.05) is 12.1 Å². The summed E-state index contributed by atoms with van der Waals surface area (Å²) < 4.78 is 7.43. The summed E-state index contributed by atoms with van der Waals surface area (Å²) in [4.78, 5) is 21.0. The third-order valence-corrected chi connectivity index (χ3v) is 4.24. The van der Waals surface area contributed by atoms with Gasteiger partial charge in [-0.3, -0.25) is 14.5 Å². The predicted octanol–water partition coefficient (Wildman–Crippen LogP) is 3.60. The highest BCUT2D eigenvalue weighted by Gasteiger charge is 2.09. The van der Waals surface area contributed by atoms with E-state index in [2.05, 4.69) is 20.4 Å². The lowest BCUT2D eigenvalue weighted by molar-refractivity contribution is 0.0950. The first-order valence-corrected chi connectivity index (χ1v) is 9.07. The van der Waals surface area contributed by atoms with Gasteiger partial charge in [0.25, 0.3) is 5.91 Å². The van der Waals surface area contributed by atoms with Gasteiger partial charge in [0.15, 0.2) is 0 Å². The number of rotatable bonds is 6. The van der Waals surface area contributed by atoms with E-state index < -0.39 is 0 Å². The monoisotopic (exact) mass is 385 g/mol. The summed E-state index contributed by atoms with van der Waals surface area (Å²) in [5, 5.41) is 7.10. The Bertz CT molecular complexity index is 1120. The van der Waals surface area contributed by atoms with Crippen molar-refractivity contribution >= 4 is 5.91 Å². The molecular weight excluding hydrogens is 366 g/mol. The second kappa shape index (κ2) is 8.35. The van der Waals surface area contributed by atoms with E-state index in [0.29, 0.717) is 23.7 Å². The Morgan fingerprint density at radius 3 is 2.79 bits per heavy atom. The van der Waals surface area contributed by atoms with Crippen LogP contribution in [0.25, 0.3) is 11.1 Å². The predicted molar refractivity (Wildman–Crippen MR) is 108 cm³/mol. The van der Waals surface area contributed by atoms with Crippen LogP contribution in [0.15, 0.2) is 79.5 Å². The Balaban J connectivity index is 1.42. The normalized spacial score (nSPS) is 10.5. The van der Waals surface area contributed by atoms with Gasteiger partial charge in [0, 0.05) is 61.1 Å². The molecule has 4 rings (SSSR count). The number of carbonyl (C=O) groups excluding carboxylic acids is 1. The van der Waals surface area contributed by atoms with E-state index in [1.54, 1.807) is 59.8 Å². The van der Waals surface area contributed by atoms with Gasteiger partial charge in [-0.2, -0.15) is 5.10 Å². The van der Waals surface area contributed by atoms with Gasteiger partial charge in [-0.25, -0.2) is 4.98 Å². The summed E-state index contributed by atoms with van der Waals surface area (Å²) >= 11 is 0. The van der Waals surface area contributed by atoms with E-state index >= 15 is 0 Å². The fourth-order valence-electron chi connectivity index (χ4n) is 2.83. The van der Waals surface area contributed by atoms with Crippen molar-refractivity contribution < 1.29 is 9.53 Å². The summed E-state index contributed by atoms with van der Waals surface area (Å²) in [5.74, 6) is 0.836. The Labute approximate surface area is 168 Å². The van der Waals surface area contributed by atoms with Crippen molar-refractivity contribution in [1.29, 1.82) is 0 Å². The number of amides is 1. The second-order valence-electron chi connectivity index (χ2n) is 6.47. The number of hydrogen-bond donors (Lipinski definition) is 1. The molecule has 4 aromatic rings. The molecule has 29 heavy (non-hydrogen) atoms. The molecular formula is C22H19N5O2. The van der Waals surface area contributed by atoms with E-state index in [1.807, 2.05) is 31.4 Å². The third-order valence-electron chi connectivity index (χ3n) is 4.24. The fourth-order valence-corrected chi connectivity index (χ4v) is 2.83. The average Bonchev–Trinajstić information content (AvgIpc) is 3.19. The van der Waals surface area contributed by atoms with Crippen molar-refractivity contribution in [3.63, 3.8) is 0 Å². The van der Waals surface area contributed by atoms with Gasteiger partial charge in [0.05, 0.1) is 6.20 Å². The molecule has 1 aromatic carbocycles. The average molecular weight is 385 g/mol. The maximum absolute atomic E-state index is 12.6. The highest BCUT2D eigenvalue weighted by atomic mass is 16.5. The molecule has 0 aliphatic heterocycles. The summed E-state index contributed by atoms with van der Waals surface area (Å²) in [6.07, 6.45) is 8.88. The number of benzene rings is 1. The molecule has 0 aliphatic carbocycles. The van der Waals surface area contributed by atoms with E-state index in [0.717, 1.165) is 16.7 Å². The zero-order valence-corrected chi connectivity index (χ0v) is 15.8. The topological polar surface area (TPSA) is 81.9 Å². The third kappa shape index (κ3) is 4.65. The molecule has 144 valence electrons. The van der Waals surface area contributed by atoms with Gasteiger partial charge in [-0.05, 0) is 35.9 Å². The largest absolute Gasteiger partial charge is 0.439 e. The van der Waals surface area contributed by atoms with Crippen LogP contribution in [-0.4, -0.2) is 25.7 Å². The number of carbonyl (C=O) groups is 1. The second-order valence-corrected chi connectivity index (χ2v) is 6.47. The van der Waals surface area contributed by atoms with Crippen molar-refractivity contribution in [2.24, 2.45) is 7.05 Å². The van der Waals surface area contributed by atoms with Crippen LogP contribution in [0.5, 0.6) is 11.6 Å². The van der Waals surface area contributed by atoms with Crippen LogP contribution < -0.4 is 10.1 Å². The standard InChI is InChI=1S/C22H19N5O2/c1-27-15-19(14-26-27)18-9-16(11-23-13-18)12-25-22(28)17-5-4-6-20(10-17)29-21-7-2-3-8-24-21/h2-11,13-15H,12H2,1H3,(H,25,28). The van der Waals surface area contributed by atoms with Crippen LogP contribution in [0.4, 0.5) is 0 Å². The number of hydrogen-bond acceptors (Lipinski definition) is 5. The molecule has 3 heterocycles. The first-order valence-electron chi connectivity index (χ1n) is 9.07. The molecule has 1 amide bonds. The van der Waals surface area contributed by atoms with Crippen molar-refractivity contribution in [2.45, 2.75) is 6.54 Å². The summed E-state index contributed by atoms with van der Waals surface area (Å²) in [5.41, 5.74) is 3.35. The van der Waals surface area contributed by atoms with E-state index in [4.69, 9.17) is 4.74 Å². The Morgan fingerprint density at radius 1 is 1.07 bits per heavy atom. The highest BCUT2D eigenvalue weighted by Crippen LogP contribution is 2.21. The SMILES string of the molecule is Cn1cc(-c2cncc(CNC(=O)c3cccc(Oc4ccccn4)c3)c2)cn1. The number of aryl methyl sites for hydroxylation is 1. The number of aromatic nitrogens is 4. The van der Waals surface area contributed by atoms with Crippen molar-refractivity contribution in [3.8, 4) is 22.8 Å². The van der Waals surface area contributed by atoms with Crippen molar-refractivity contribution in [3.05, 3.63) is 90.6 Å². The van der Waals surface area contributed by atoms with Gasteiger partial charge < -0.3 is 10.1 Å². The number of ether oxygens (including phenoxy) is 1. The number of nitrogens with zero attached hydrogens (tertiary/aromatic N) is 4. The molecule has 0 saturated heterocycles. The molecule has 0 fully saturated rings. The zero-order valence-electron chi connectivity index (χ0n) is 15.8. The molecule has 0 aliphatic rings. The Morgan fingerprint density at radius 2 is 2.00 bits per heavy atom. The lowest BCUT2D eigenvalue weighted by atomic mass is 10.1. The van der Waals surface area contributed by atoms with Crippen molar-refractivity contribution in [1.82, 2.24) is 25.1 Å². The van der Waals surface area contributed by atoms with Crippen LogP contribution in [0.2, 0.25) is 0 Å². The van der Waals surface area contributed by atoms with Gasteiger partial charge in [-0.15, -0.1) is 0 Å².